The number of fused-ring (bicyclic) bond motifs is 3. The molecule has 5 heteroatoms. The highest BCUT2D eigenvalue weighted by molar-refractivity contribution is 5.97. The maximum Gasteiger partial charge on any atom is 0.318 e. The van der Waals surface area contributed by atoms with Gasteiger partial charge in [-0.3, -0.25) is 9.59 Å². The summed E-state index contributed by atoms with van der Waals surface area (Å²) in [6, 6.07) is 12.6. The van der Waals surface area contributed by atoms with E-state index in [1.165, 1.54) is 7.11 Å². The van der Waals surface area contributed by atoms with Gasteiger partial charge in [-0.1, -0.05) is 30.3 Å². The molecule has 0 saturated heterocycles. The molecule has 2 aromatic carbocycles. The molecule has 0 aliphatic heterocycles. The molecule has 0 bridgehead atoms. The van der Waals surface area contributed by atoms with E-state index < -0.39 is 23.8 Å². The smallest absolute Gasteiger partial charge is 0.318 e. The Morgan fingerprint density at radius 1 is 1.00 bits per heavy atom. The van der Waals surface area contributed by atoms with Crippen molar-refractivity contribution in [3.8, 4) is 16.9 Å². The first-order valence-electron chi connectivity index (χ1n) is 6.77. The van der Waals surface area contributed by atoms with Gasteiger partial charge in [0.25, 0.3) is 0 Å². The van der Waals surface area contributed by atoms with Gasteiger partial charge in [-0.15, -0.1) is 0 Å². The second-order valence-corrected chi connectivity index (χ2v) is 5.17. The Balaban J connectivity index is 2.26. The van der Waals surface area contributed by atoms with Crippen LogP contribution in [0.15, 0.2) is 42.5 Å². The number of hydrogen-bond donors (Lipinski definition) is 2. The number of hydrogen-bond acceptors (Lipinski definition) is 3. The first-order valence-corrected chi connectivity index (χ1v) is 6.77. The molecular weight excluding hydrogens is 284 g/mol. The quantitative estimate of drug-likeness (QED) is 0.848. The summed E-state index contributed by atoms with van der Waals surface area (Å²) in [6.07, 6.45) is 0. The highest BCUT2D eigenvalue weighted by Crippen LogP contribution is 2.49. The average Bonchev–Trinajstić information content (AvgIpc) is 2.81. The summed E-state index contributed by atoms with van der Waals surface area (Å²) in [7, 11) is 1.52. The van der Waals surface area contributed by atoms with Crippen LogP contribution in [0.2, 0.25) is 0 Å². The Kier molecular flexibility index (Phi) is 3.33. The van der Waals surface area contributed by atoms with E-state index in [0.717, 1.165) is 16.7 Å². The fraction of sp³-hybridized carbons (Fsp3) is 0.176. The topological polar surface area (TPSA) is 83.8 Å². The van der Waals surface area contributed by atoms with Gasteiger partial charge in [0, 0.05) is 5.92 Å². The number of ether oxygens (including phenoxy) is 1. The first kappa shape index (κ1) is 14.1. The van der Waals surface area contributed by atoms with Crippen LogP contribution in [-0.4, -0.2) is 29.3 Å². The Hall–Kier alpha value is -2.82. The van der Waals surface area contributed by atoms with Crippen molar-refractivity contribution in [1.82, 2.24) is 0 Å². The molecular formula is C17H14O5. The van der Waals surface area contributed by atoms with Crippen LogP contribution in [0.1, 0.15) is 17.0 Å². The Bertz CT molecular complexity index is 751. The number of aliphatic carboxylic acids is 2. The third-order valence-corrected chi connectivity index (χ3v) is 4.05. The van der Waals surface area contributed by atoms with Gasteiger partial charge in [0.05, 0.1) is 7.11 Å². The predicted molar refractivity (Wildman–Crippen MR) is 79.0 cm³/mol. The van der Waals surface area contributed by atoms with E-state index >= 15 is 0 Å². The molecule has 0 saturated carbocycles. The number of methoxy groups -OCH3 is 1. The summed E-state index contributed by atoms with van der Waals surface area (Å²) in [5.41, 5.74) is 3.13. The van der Waals surface area contributed by atoms with Crippen LogP contribution < -0.4 is 4.74 Å². The number of carboxylic acid groups (broad SMARTS) is 2. The van der Waals surface area contributed by atoms with Crippen molar-refractivity contribution in [1.29, 1.82) is 0 Å². The Morgan fingerprint density at radius 2 is 1.64 bits per heavy atom. The lowest BCUT2D eigenvalue weighted by molar-refractivity contribution is -0.155. The molecule has 112 valence electrons. The maximum atomic E-state index is 11.5. The van der Waals surface area contributed by atoms with Crippen LogP contribution in [0, 0.1) is 5.92 Å². The zero-order valence-corrected chi connectivity index (χ0v) is 11.8. The summed E-state index contributed by atoms with van der Waals surface area (Å²) in [5, 5.41) is 18.7. The number of rotatable bonds is 4. The largest absolute Gasteiger partial charge is 0.497 e. The summed E-state index contributed by atoms with van der Waals surface area (Å²) < 4.78 is 5.19. The van der Waals surface area contributed by atoms with Crippen molar-refractivity contribution in [3.63, 3.8) is 0 Å². The number of benzene rings is 2. The van der Waals surface area contributed by atoms with Gasteiger partial charge in [-0.2, -0.15) is 0 Å². The van der Waals surface area contributed by atoms with Crippen LogP contribution >= 0.6 is 0 Å². The summed E-state index contributed by atoms with van der Waals surface area (Å²) in [6.45, 7) is 0. The molecule has 0 radical (unpaired) electrons. The highest BCUT2D eigenvalue weighted by atomic mass is 16.5. The van der Waals surface area contributed by atoms with Crippen molar-refractivity contribution >= 4 is 11.9 Å². The third kappa shape index (κ3) is 2.02. The Morgan fingerprint density at radius 3 is 2.27 bits per heavy atom. The molecule has 0 aromatic heterocycles. The lowest BCUT2D eigenvalue weighted by Gasteiger charge is -2.18. The van der Waals surface area contributed by atoms with Crippen molar-refractivity contribution in [2.45, 2.75) is 5.92 Å². The van der Waals surface area contributed by atoms with Crippen molar-refractivity contribution in [2.75, 3.05) is 7.11 Å². The zero-order chi connectivity index (χ0) is 15.9. The molecule has 0 heterocycles. The van der Waals surface area contributed by atoms with E-state index in [0.29, 0.717) is 11.3 Å². The van der Waals surface area contributed by atoms with E-state index in [4.69, 9.17) is 4.74 Å². The lowest BCUT2D eigenvalue weighted by atomic mass is 9.84. The van der Waals surface area contributed by atoms with Gasteiger partial charge in [0.1, 0.15) is 5.75 Å². The fourth-order valence-electron chi connectivity index (χ4n) is 3.10. The molecule has 1 aliphatic rings. The van der Waals surface area contributed by atoms with Crippen LogP contribution in [0.4, 0.5) is 0 Å². The minimum Gasteiger partial charge on any atom is -0.497 e. The van der Waals surface area contributed by atoms with E-state index in [1.807, 2.05) is 18.2 Å². The molecule has 5 nitrogen and oxygen atoms in total. The molecule has 0 spiro atoms. The first-order chi connectivity index (χ1) is 10.5. The Labute approximate surface area is 126 Å². The maximum absolute atomic E-state index is 11.5. The van der Waals surface area contributed by atoms with Crippen molar-refractivity contribution in [2.24, 2.45) is 5.92 Å². The molecule has 0 amide bonds. The summed E-state index contributed by atoms with van der Waals surface area (Å²) >= 11 is 0. The molecule has 2 N–H and O–H groups in total. The molecule has 0 fully saturated rings. The van der Waals surface area contributed by atoms with Gasteiger partial charge < -0.3 is 14.9 Å². The zero-order valence-electron chi connectivity index (χ0n) is 11.8. The van der Waals surface area contributed by atoms with Crippen molar-refractivity contribution < 1.29 is 24.5 Å². The average molecular weight is 298 g/mol. The third-order valence-electron chi connectivity index (χ3n) is 4.05. The summed E-state index contributed by atoms with van der Waals surface area (Å²) in [5.74, 6) is -4.37. The molecule has 1 unspecified atom stereocenters. The molecule has 1 aliphatic carbocycles. The normalized spacial score (nSPS) is 15.3. The van der Waals surface area contributed by atoms with Crippen LogP contribution in [0.3, 0.4) is 0 Å². The van der Waals surface area contributed by atoms with E-state index in [-0.39, 0.29) is 0 Å². The van der Waals surface area contributed by atoms with Crippen LogP contribution in [-0.2, 0) is 9.59 Å². The number of carboxylic acids is 2. The van der Waals surface area contributed by atoms with Gasteiger partial charge in [0.15, 0.2) is 5.92 Å². The van der Waals surface area contributed by atoms with Gasteiger partial charge in [0.2, 0.25) is 0 Å². The van der Waals surface area contributed by atoms with Crippen molar-refractivity contribution in [3.05, 3.63) is 53.6 Å². The highest BCUT2D eigenvalue weighted by Gasteiger charge is 2.42. The second-order valence-electron chi connectivity index (χ2n) is 5.17. The van der Waals surface area contributed by atoms with E-state index in [2.05, 4.69) is 0 Å². The van der Waals surface area contributed by atoms with Gasteiger partial charge in [-0.25, -0.2) is 0 Å². The second kappa shape index (κ2) is 5.18. The minimum absolute atomic E-state index is 0.575. The van der Waals surface area contributed by atoms with Crippen LogP contribution in [0.25, 0.3) is 11.1 Å². The SMILES string of the molecule is COc1ccc2c(c1)C(C(C(=O)O)C(=O)O)c1ccccc1-2. The number of carbonyl (C=O) groups is 2. The standard InChI is InChI=1S/C17H14O5/c1-22-9-6-7-11-10-4-2-3-5-12(10)14(13(11)8-9)15(16(18)19)17(20)21/h2-8,14-15H,1H3,(H,18,19)(H,20,21). The van der Waals surface area contributed by atoms with Gasteiger partial charge >= 0.3 is 11.9 Å². The minimum atomic E-state index is -1.53. The molecule has 3 rings (SSSR count). The molecule has 22 heavy (non-hydrogen) atoms. The molecule has 1 atom stereocenters. The van der Waals surface area contributed by atoms with Crippen LogP contribution in [0.5, 0.6) is 5.75 Å². The monoisotopic (exact) mass is 298 g/mol. The summed E-state index contributed by atoms with van der Waals surface area (Å²) in [4.78, 5) is 23.0. The predicted octanol–water partition coefficient (Wildman–Crippen LogP) is 2.59. The lowest BCUT2D eigenvalue weighted by Crippen LogP contribution is -2.29. The van der Waals surface area contributed by atoms with E-state index in [1.54, 1.807) is 24.3 Å². The van der Waals surface area contributed by atoms with Gasteiger partial charge in [-0.05, 0) is 34.4 Å². The molecule has 2 aromatic rings. The van der Waals surface area contributed by atoms with E-state index in [9.17, 15) is 19.8 Å². The fourth-order valence-corrected chi connectivity index (χ4v) is 3.10.